The van der Waals surface area contributed by atoms with Crippen molar-refractivity contribution in [1.82, 2.24) is 0 Å². The first kappa shape index (κ1) is 36.2. The highest BCUT2D eigenvalue weighted by atomic mass is 15.1. The number of rotatable bonds is 9. The van der Waals surface area contributed by atoms with Gasteiger partial charge < -0.3 is 4.90 Å². The van der Waals surface area contributed by atoms with Crippen molar-refractivity contribution in [1.29, 1.82) is 0 Å². The fourth-order valence-electron chi connectivity index (χ4n) is 7.42. The topological polar surface area (TPSA) is 3.24 Å². The highest BCUT2D eigenvalue weighted by Crippen LogP contribution is 2.40. The molecule has 7 aromatic rings. The monoisotopic (exact) mass is 699 g/mol. The molecule has 266 valence electrons. The van der Waals surface area contributed by atoms with Gasteiger partial charge in [-0.1, -0.05) is 139 Å². The van der Waals surface area contributed by atoms with E-state index in [4.69, 9.17) is 0 Å². The van der Waals surface area contributed by atoms with Gasteiger partial charge in [0.2, 0.25) is 0 Å². The second-order valence-electron chi connectivity index (χ2n) is 14.7. The zero-order chi connectivity index (χ0) is 37.8. The normalized spacial score (nSPS) is 11.8. The highest BCUT2D eigenvalue weighted by Gasteiger charge is 2.18. The van der Waals surface area contributed by atoms with E-state index in [9.17, 15) is 0 Å². The Hall–Kier alpha value is -6.18. The highest BCUT2D eigenvalue weighted by molar-refractivity contribution is 5.93. The summed E-state index contributed by atoms with van der Waals surface area (Å²) in [5.74, 6) is 0. The van der Waals surface area contributed by atoms with Crippen LogP contribution in [0.1, 0.15) is 72.3 Å². The summed E-state index contributed by atoms with van der Waals surface area (Å²) in [5, 5.41) is 0. The lowest BCUT2D eigenvalue weighted by molar-refractivity contribution is 1.20. The second kappa shape index (κ2) is 15.8. The van der Waals surface area contributed by atoms with Gasteiger partial charge in [-0.15, -0.1) is 0 Å². The Morgan fingerprint density at radius 1 is 0.352 bits per heavy atom. The van der Waals surface area contributed by atoms with Crippen molar-refractivity contribution in [2.75, 3.05) is 4.90 Å². The molecule has 0 saturated heterocycles. The number of benzene rings is 7. The van der Waals surface area contributed by atoms with E-state index in [1.165, 1.54) is 78.0 Å². The quantitative estimate of drug-likeness (QED) is 0.136. The third-order valence-electron chi connectivity index (χ3n) is 10.6. The van der Waals surface area contributed by atoms with Crippen LogP contribution in [0.4, 0.5) is 17.1 Å². The van der Waals surface area contributed by atoms with Crippen molar-refractivity contribution in [2.45, 2.75) is 48.5 Å². The average molecular weight is 700 g/mol. The molecule has 0 atom stereocenters. The van der Waals surface area contributed by atoms with Gasteiger partial charge in [0.25, 0.3) is 0 Å². The molecule has 0 amide bonds. The third kappa shape index (κ3) is 7.92. The van der Waals surface area contributed by atoms with Gasteiger partial charge in [-0.2, -0.15) is 0 Å². The Balaban J connectivity index is 1.30. The SMILES string of the molecule is Cc1cc(C)c(N(c2ccc(/C=C(/c3ccccc3)c3ccc(C)c(C)c3)cc2)c2ccc(/C=C(\c3ccccc3)c3ccc(C)c(C)c3)cc2)c(C)c1. The minimum atomic E-state index is 1.12. The number of hydrogen-bond acceptors (Lipinski definition) is 1. The molecule has 0 saturated carbocycles. The van der Waals surface area contributed by atoms with Gasteiger partial charge in [0.15, 0.2) is 0 Å². The van der Waals surface area contributed by atoms with E-state index in [0.717, 1.165) is 22.5 Å². The molecule has 54 heavy (non-hydrogen) atoms. The third-order valence-corrected chi connectivity index (χ3v) is 10.6. The molecule has 0 unspecified atom stereocenters. The molecule has 0 fully saturated rings. The summed E-state index contributed by atoms with van der Waals surface area (Å²) in [6, 6.07) is 57.5. The van der Waals surface area contributed by atoms with Crippen LogP contribution in [0.5, 0.6) is 0 Å². The molecule has 0 aliphatic rings. The molecule has 0 radical (unpaired) electrons. The van der Waals surface area contributed by atoms with Gasteiger partial charge in [0.05, 0.1) is 5.69 Å². The maximum absolute atomic E-state index is 2.41. The van der Waals surface area contributed by atoms with Crippen molar-refractivity contribution in [2.24, 2.45) is 0 Å². The molecule has 7 rings (SSSR count). The molecule has 0 bridgehead atoms. The van der Waals surface area contributed by atoms with Gasteiger partial charge in [-0.25, -0.2) is 0 Å². The predicted molar refractivity (Wildman–Crippen MR) is 234 cm³/mol. The molecule has 0 aliphatic heterocycles. The summed E-state index contributed by atoms with van der Waals surface area (Å²) >= 11 is 0. The van der Waals surface area contributed by atoms with Gasteiger partial charge in [0.1, 0.15) is 0 Å². The van der Waals surface area contributed by atoms with Crippen LogP contribution in [0.3, 0.4) is 0 Å². The minimum Gasteiger partial charge on any atom is -0.310 e. The molecular formula is C53H49N. The van der Waals surface area contributed by atoms with E-state index >= 15 is 0 Å². The minimum absolute atomic E-state index is 1.12. The fraction of sp³-hybridized carbons (Fsp3) is 0.132. The number of nitrogens with zero attached hydrogens (tertiary/aromatic N) is 1. The van der Waals surface area contributed by atoms with Crippen molar-refractivity contribution < 1.29 is 0 Å². The van der Waals surface area contributed by atoms with Crippen LogP contribution >= 0.6 is 0 Å². The number of anilines is 3. The summed E-state index contributed by atoms with van der Waals surface area (Å²) in [7, 11) is 0. The fourth-order valence-corrected chi connectivity index (χ4v) is 7.42. The van der Waals surface area contributed by atoms with Crippen LogP contribution < -0.4 is 4.90 Å². The molecule has 0 heterocycles. The molecule has 0 spiro atoms. The van der Waals surface area contributed by atoms with Crippen molar-refractivity contribution >= 4 is 40.4 Å². The maximum atomic E-state index is 2.41. The van der Waals surface area contributed by atoms with Crippen molar-refractivity contribution in [3.8, 4) is 0 Å². The van der Waals surface area contributed by atoms with E-state index in [1.807, 2.05) is 0 Å². The Morgan fingerprint density at radius 3 is 1.11 bits per heavy atom. The van der Waals surface area contributed by atoms with E-state index < -0.39 is 0 Å². The lowest BCUT2D eigenvalue weighted by atomic mass is 9.93. The molecule has 1 nitrogen and oxygen atoms in total. The predicted octanol–water partition coefficient (Wildman–Crippen LogP) is 14.5. The summed E-state index contributed by atoms with van der Waals surface area (Å²) < 4.78 is 0. The van der Waals surface area contributed by atoms with Crippen LogP contribution in [0.15, 0.2) is 158 Å². The van der Waals surface area contributed by atoms with E-state index in [2.05, 4.69) is 223 Å². The Morgan fingerprint density at radius 2 is 0.741 bits per heavy atom. The molecule has 1 heteroatoms. The largest absolute Gasteiger partial charge is 0.310 e. The number of aryl methyl sites for hydroxylation is 7. The second-order valence-corrected chi connectivity index (χ2v) is 14.7. The molecule has 7 aromatic carbocycles. The van der Waals surface area contributed by atoms with E-state index in [1.54, 1.807) is 0 Å². The summed E-state index contributed by atoms with van der Waals surface area (Å²) in [5.41, 5.74) is 22.1. The van der Waals surface area contributed by atoms with Gasteiger partial charge in [-0.3, -0.25) is 0 Å². The standard InChI is InChI=1S/C53H49N/c1-36-30-41(6)53(42(7)31-36)54(49-26-20-43(21-27-49)34-51(45-14-10-8-11-15-45)47-24-18-37(2)39(4)32-47)50-28-22-44(23-29-50)35-52(46-16-12-9-13-17-46)48-25-19-38(3)40(5)33-48/h8-35H,1-7H3/b51-34-,52-35+. The Kier molecular flexibility index (Phi) is 10.6. The van der Waals surface area contributed by atoms with E-state index in [-0.39, 0.29) is 0 Å². The van der Waals surface area contributed by atoms with Crippen LogP contribution in [0, 0.1) is 48.5 Å². The Labute approximate surface area is 322 Å². The lowest BCUT2D eigenvalue weighted by Gasteiger charge is -2.29. The summed E-state index contributed by atoms with van der Waals surface area (Å²) in [6.07, 6.45) is 4.63. The lowest BCUT2D eigenvalue weighted by Crippen LogP contribution is -2.13. The van der Waals surface area contributed by atoms with Crippen LogP contribution in [0.2, 0.25) is 0 Å². The average Bonchev–Trinajstić information content (AvgIpc) is 3.18. The molecule has 0 aliphatic carbocycles. The zero-order valence-electron chi connectivity index (χ0n) is 32.6. The smallest absolute Gasteiger partial charge is 0.0520 e. The molecular weight excluding hydrogens is 651 g/mol. The van der Waals surface area contributed by atoms with E-state index in [0.29, 0.717) is 0 Å². The van der Waals surface area contributed by atoms with Crippen molar-refractivity contribution in [3.05, 3.63) is 230 Å². The van der Waals surface area contributed by atoms with Crippen LogP contribution in [0.25, 0.3) is 23.3 Å². The Bertz CT molecular complexity index is 2290. The maximum Gasteiger partial charge on any atom is 0.0520 e. The zero-order valence-corrected chi connectivity index (χ0v) is 32.6. The van der Waals surface area contributed by atoms with Gasteiger partial charge in [0, 0.05) is 11.4 Å². The first-order valence-corrected chi connectivity index (χ1v) is 18.9. The first-order valence-electron chi connectivity index (χ1n) is 18.9. The first-order chi connectivity index (χ1) is 26.1. The van der Waals surface area contributed by atoms with Crippen molar-refractivity contribution in [3.63, 3.8) is 0 Å². The molecule has 0 aromatic heterocycles. The van der Waals surface area contributed by atoms with Gasteiger partial charge in [-0.05, 0) is 163 Å². The summed E-state index contributed by atoms with van der Waals surface area (Å²) in [4.78, 5) is 2.41. The summed E-state index contributed by atoms with van der Waals surface area (Å²) in [6.45, 7) is 15.3. The van der Waals surface area contributed by atoms with Gasteiger partial charge >= 0.3 is 0 Å². The van der Waals surface area contributed by atoms with Crippen LogP contribution in [-0.2, 0) is 0 Å². The number of hydrogen-bond donors (Lipinski definition) is 0. The molecule has 0 N–H and O–H groups in total. The van der Waals surface area contributed by atoms with Crippen LogP contribution in [-0.4, -0.2) is 0 Å².